The SMILES string of the molecule is CN(CCCc1ccccc1)C(=O)Nc1cccc(-n2cccc2)c1. The summed E-state index contributed by atoms with van der Waals surface area (Å²) in [6.45, 7) is 0.720. The number of aryl methyl sites for hydroxylation is 1. The summed E-state index contributed by atoms with van der Waals surface area (Å²) < 4.78 is 2.01. The first kappa shape index (κ1) is 16.8. The smallest absolute Gasteiger partial charge is 0.321 e. The molecule has 0 saturated carbocycles. The van der Waals surface area contributed by atoms with E-state index in [4.69, 9.17) is 0 Å². The molecule has 0 aliphatic carbocycles. The van der Waals surface area contributed by atoms with Crippen LogP contribution in [0.2, 0.25) is 0 Å². The van der Waals surface area contributed by atoms with Gasteiger partial charge in [-0.3, -0.25) is 0 Å². The van der Waals surface area contributed by atoms with Gasteiger partial charge in [0.2, 0.25) is 0 Å². The number of urea groups is 1. The monoisotopic (exact) mass is 333 g/mol. The minimum atomic E-state index is -0.0854. The fourth-order valence-electron chi connectivity index (χ4n) is 2.74. The Morgan fingerprint density at radius 1 is 1.00 bits per heavy atom. The van der Waals surface area contributed by atoms with Crippen LogP contribution >= 0.6 is 0 Å². The summed E-state index contributed by atoms with van der Waals surface area (Å²) in [7, 11) is 1.83. The summed E-state index contributed by atoms with van der Waals surface area (Å²) in [4.78, 5) is 14.1. The summed E-state index contributed by atoms with van der Waals surface area (Å²) in [6.07, 6.45) is 5.88. The molecular formula is C21H23N3O. The molecule has 25 heavy (non-hydrogen) atoms. The first-order valence-electron chi connectivity index (χ1n) is 8.52. The van der Waals surface area contributed by atoms with Crippen LogP contribution in [0.4, 0.5) is 10.5 Å². The average molecular weight is 333 g/mol. The van der Waals surface area contributed by atoms with Crippen molar-refractivity contribution in [1.82, 2.24) is 9.47 Å². The van der Waals surface area contributed by atoms with Gasteiger partial charge in [0.1, 0.15) is 0 Å². The van der Waals surface area contributed by atoms with E-state index in [-0.39, 0.29) is 6.03 Å². The van der Waals surface area contributed by atoms with Crippen molar-refractivity contribution in [2.45, 2.75) is 12.8 Å². The van der Waals surface area contributed by atoms with Crippen molar-refractivity contribution < 1.29 is 4.79 Å². The van der Waals surface area contributed by atoms with Crippen LogP contribution < -0.4 is 5.32 Å². The highest BCUT2D eigenvalue weighted by Crippen LogP contribution is 2.15. The predicted octanol–water partition coefficient (Wildman–Crippen LogP) is 4.57. The molecule has 4 heteroatoms. The van der Waals surface area contributed by atoms with Gasteiger partial charge in [-0.25, -0.2) is 4.79 Å². The van der Waals surface area contributed by atoms with Crippen molar-refractivity contribution in [1.29, 1.82) is 0 Å². The number of amides is 2. The molecule has 3 rings (SSSR count). The second-order valence-corrected chi connectivity index (χ2v) is 6.08. The van der Waals surface area contributed by atoms with Crippen LogP contribution in [-0.2, 0) is 6.42 Å². The largest absolute Gasteiger partial charge is 0.328 e. The average Bonchev–Trinajstić information content (AvgIpc) is 3.17. The molecule has 0 bridgehead atoms. The topological polar surface area (TPSA) is 37.3 Å². The first-order chi connectivity index (χ1) is 12.2. The molecule has 0 radical (unpaired) electrons. The van der Waals surface area contributed by atoms with E-state index in [2.05, 4.69) is 17.4 Å². The first-order valence-corrected chi connectivity index (χ1v) is 8.52. The van der Waals surface area contributed by atoms with E-state index in [0.29, 0.717) is 0 Å². The molecule has 128 valence electrons. The predicted molar refractivity (Wildman–Crippen MR) is 102 cm³/mol. The Labute approximate surface area is 148 Å². The summed E-state index contributed by atoms with van der Waals surface area (Å²) in [6, 6.07) is 22.0. The van der Waals surface area contributed by atoms with Crippen LogP contribution in [0.1, 0.15) is 12.0 Å². The maximum Gasteiger partial charge on any atom is 0.321 e. The molecule has 1 N–H and O–H groups in total. The number of rotatable bonds is 6. The Kier molecular flexibility index (Phi) is 5.52. The highest BCUT2D eigenvalue weighted by atomic mass is 16.2. The number of benzene rings is 2. The number of carbonyl (C=O) groups excluding carboxylic acids is 1. The van der Waals surface area contributed by atoms with Gasteiger partial charge in [-0.1, -0.05) is 36.4 Å². The van der Waals surface area contributed by atoms with Gasteiger partial charge in [0.05, 0.1) is 0 Å². The number of nitrogens with one attached hydrogen (secondary N) is 1. The van der Waals surface area contributed by atoms with Gasteiger partial charge >= 0.3 is 6.03 Å². The Morgan fingerprint density at radius 2 is 1.76 bits per heavy atom. The quantitative estimate of drug-likeness (QED) is 0.705. The molecule has 0 aliphatic heterocycles. The van der Waals surface area contributed by atoms with Crippen LogP contribution in [0.15, 0.2) is 79.1 Å². The van der Waals surface area contributed by atoms with Crippen LogP contribution in [-0.4, -0.2) is 29.1 Å². The molecule has 1 aromatic heterocycles. The molecular weight excluding hydrogens is 310 g/mol. The lowest BCUT2D eigenvalue weighted by atomic mass is 10.1. The zero-order valence-electron chi connectivity index (χ0n) is 14.4. The Hall–Kier alpha value is -3.01. The fourth-order valence-corrected chi connectivity index (χ4v) is 2.74. The maximum atomic E-state index is 12.4. The van der Waals surface area contributed by atoms with Crippen molar-refractivity contribution in [3.05, 3.63) is 84.7 Å². The van der Waals surface area contributed by atoms with E-state index in [1.165, 1.54) is 5.56 Å². The van der Waals surface area contributed by atoms with Crippen LogP contribution in [0, 0.1) is 0 Å². The van der Waals surface area contributed by atoms with Gasteiger partial charge in [-0.15, -0.1) is 0 Å². The van der Waals surface area contributed by atoms with Gasteiger partial charge < -0.3 is 14.8 Å². The molecule has 0 fully saturated rings. The molecule has 2 aromatic carbocycles. The lowest BCUT2D eigenvalue weighted by Crippen LogP contribution is -2.32. The molecule has 0 spiro atoms. The Balaban J connectivity index is 1.52. The van der Waals surface area contributed by atoms with Crippen molar-refractivity contribution >= 4 is 11.7 Å². The van der Waals surface area contributed by atoms with E-state index in [1.54, 1.807) is 4.90 Å². The van der Waals surface area contributed by atoms with Gasteiger partial charge in [0, 0.05) is 37.4 Å². The number of anilines is 1. The van der Waals surface area contributed by atoms with Crippen LogP contribution in [0.5, 0.6) is 0 Å². The highest BCUT2D eigenvalue weighted by Gasteiger charge is 2.09. The minimum absolute atomic E-state index is 0.0854. The molecule has 0 unspecified atom stereocenters. The Morgan fingerprint density at radius 3 is 2.52 bits per heavy atom. The van der Waals surface area contributed by atoms with E-state index in [1.807, 2.05) is 78.6 Å². The summed E-state index contributed by atoms with van der Waals surface area (Å²) in [5, 5.41) is 2.97. The standard InChI is InChI=1S/C21H23N3O/c1-23(14-8-11-18-9-3-2-4-10-18)21(25)22-19-12-7-13-20(17-19)24-15-5-6-16-24/h2-7,9-10,12-13,15-17H,8,11,14H2,1H3,(H,22,25). The van der Waals surface area contributed by atoms with Gasteiger partial charge in [0.25, 0.3) is 0 Å². The lowest BCUT2D eigenvalue weighted by molar-refractivity contribution is 0.222. The van der Waals surface area contributed by atoms with E-state index >= 15 is 0 Å². The number of aromatic nitrogens is 1. The number of carbonyl (C=O) groups is 1. The van der Waals surface area contributed by atoms with E-state index in [0.717, 1.165) is 30.8 Å². The van der Waals surface area contributed by atoms with Crippen molar-refractivity contribution in [3.8, 4) is 5.69 Å². The van der Waals surface area contributed by atoms with Crippen LogP contribution in [0.3, 0.4) is 0 Å². The summed E-state index contributed by atoms with van der Waals surface area (Å²) >= 11 is 0. The number of hydrogen-bond donors (Lipinski definition) is 1. The zero-order valence-corrected chi connectivity index (χ0v) is 14.4. The van der Waals surface area contributed by atoms with Crippen molar-refractivity contribution in [2.75, 3.05) is 18.9 Å². The van der Waals surface area contributed by atoms with Gasteiger partial charge in [-0.05, 0) is 48.7 Å². The second-order valence-electron chi connectivity index (χ2n) is 6.08. The Bertz CT molecular complexity index is 797. The zero-order chi connectivity index (χ0) is 17.5. The molecule has 4 nitrogen and oxygen atoms in total. The van der Waals surface area contributed by atoms with Gasteiger partial charge in [-0.2, -0.15) is 0 Å². The molecule has 0 atom stereocenters. The molecule has 3 aromatic rings. The van der Waals surface area contributed by atoms with Crippen molar-refractivity contribution in [2.24, 2.45) is 0 Å². The third-order valence-corrected chi connectivity index (χ3v) is 4.15. The van der Waals surface area contributed by atoms with E-state index in [9.17, 15) is 4.79 Å². The second kappa shape index (κ2) is 8.20. The lowest BCUT2D eigenvalue weighted by Gasteiger charge is -2.18. The highest BCUT2D eigenvalue weighted by molar-refractivity contribution is 5.89. The number of nitrogens with zero attached hydrogens (tertiary/aromatic N) is 2. The van der Waals surface area contributed by atoms with Crippen molar-refractivity contribution in [3.63, 3.8) is 0 Å². The third kappa shape index (κ3) is 4.73. The molecule has 1 heterocycles. The summed E-state index contributed by atoms with van der Waals surface area (Å²) in [5.41, 5.74) is 3.12. The van der Waals surface area contributed by atoms with E-state index < -0.39 is 0 Å². The molecule has 2 amide bonds. The molecule has 0 saturated heterocycles. The molecule has 0 aliphatic rings. The normalized spacial score (nSPS) is 10.4. The number of hydrogen-bond acceptors (Lipinski definition) is 1. The maximum absolute atomic E-state index is 12.4. The minimum Gasteiger partial charge on any atom is -0.328 e. The summed E-state index contributed by atoms with van der Waals surface area (Å²) in [5.74, 6) is 0. The third-order valence-electron chi connectivity index (χ3n) is 4.15. The van der Waals surface area contributed by atoms with Gasteiger partial charge in [0.15, 0.2) is 0 Å². The van der Waals surface area contributed by atoms with Crippen LogP contribution in [0.25, 0.3) is 5.69 Å². The fraction of sp³-hybridized carbons (Fsp3) is 0.190.